The highest BCUT2D eigenvalue weighted by molar-refractivity contribution is 6.18. The van der Waals surface area contributed by atoms with E-state index in [2.05, 4.69) is 0 Å². The van der Waals surface area contributed by atoms with E-state index in [0.29, 0.717) is 0 Å². The lowest BCUT2D eigenvalue weighted by Gasteiger charge is -2.26. The van der Waals surface area contributed by atoms with Crippen LogP contribution in [0.25, 0.3) is 0 Å². The number of hydrogen-bond acceptors (Lipinski definition) is 2. The van der Waals surface area contributed by atoms with E-state index in [1.807, 2.05) is 0 Å². The van der Waals surface area contributed by atoms with Crippen molar-refractivity contribution in [3.05, 3.63) is 0 Å². The van der Waals surface area contributed by atoms with Crippen molar-refractivity contribution in [2.75, 3.05) is 5.88 Å². The highest BCUT2D eigenvalue weighted by Gasteiger charge is 2.20. The van der Waals surface area contributed by atoms with Crippen LogP contribution in [-0.4, -0.2) is 23.1 Å². The van der Waals surface area contributed by atoms with Crippen molar-refractivity contribution in [2.45, 2.75) is 50.7 Å². The van der Waals surface area contributed by atoms with Crippen LogP contribution in [0, 0.1) is 5.92 Å². The quantitative estimate of drug-likeness (QED) is 0.689. The number of rotatable bonds is 4. The monoisotopic (exact) mass is 205 g/mol. The smallest absolute Gasteiger partial charge is 0.0826 e. The third kappa shape index (κ3) is 3.84. The van der Waals surface area contributed by atoms with Crippen molar-refractivity contribution in [3.63, 3.8) is 0 Å². The molecule has 3 heteroatoms. The van der Waals surface area contributed by atoms with Crippen molar-refractivity contribution < 1.29 is 5.11 Å². The van der Waals surface area contributed by atoms with E-state index in [4.69, 9.17) is 17.3 Å². The summed E-state index contributed by atoms with van der Waals surface area (Å²) < 4.78 is 0. The van der Waals surface area contributed by atoms with E-state index in [1.165, 1.54) is 32.1 Å². The lowest BCUT2D eigenvalue weighted by Crippen LogP contribution is -2.37. The van der Waals surface area contributed by atoms with Gasteiger partial charge in [-0.15, -0.1) is 11.6 Å². The Morgan fingerprint density at radius 3 is 2.46 bits per heavy atom. The molecule has 2 nitrogen and oxygen atoms in total. The molecule has 0 radical (unpaired) electrons. The van der Waals surface area contributed by atoms with Gasteiger partial charge in [0.15, 0.2) is 0 Å². The van der Waals surface area contributed by atoms with Crippen LogP contribution in [0.15, 0.2) is 0 Å². The van der Waals surface area contributed by atoms with Crippen molar-refractivity contribution >= 4 is 11.6 Å². The number of hydrogen-bond donors (Lipinski definition) is 2. The largest absolute Gasteiger partial charge is 0.390 e. The summed E-state index contributed by atoms with van der Waals surface area (Å²) in [5.41, 5.74) is 5.82. The molecular formula is C10H20ClNO. The van der Waals surface area contributed by atoms with Gasteiger partial charge in [0.05, 0.1) is 6.10 Å². The molecule has 0 amide bonds. The minimum Gasteiger partial charge on any atom is -0.390 e. The molecule has 0 aromatic carbocycles. The SMILES string of the molecule is N[C@@H](CC1CCCCC1)[C@@H](O)CCl. The molecule has 0 heterocycles. The highest BCUT2D eigenvalue weighted by Crippen LogP contribution is 2.27. The summed E-state index contributed by atoms with van der Waals surface area (Å²) in [5.74, 6) is 0.982. The van der Waals surface area contributed by atoms with Crippen LogP contribution in [0.5, 0.6) is 0 Å². The van der Waals surface area contributed by atoms with E-state index < -0.39 is 6.10 Å². The van der Waals surface area contributed by atoms with Crippen molar-refractivity contribution in [1.29, 1.82) is 0 Å². The summed E-state index contributed by atoms with van der Waals surface area (Å²) >= 11 is 5.53. The maximum Gasteiger partial charge on any atom is 0.0826 e. The zero-order chi connectivity index (χ0) is 9.68. The Balaban J connectivity index is 2.21. The molecule has 3 N–H and O–H groups in total. The van der Waals surface area contributed by atoms with Gasteiger partial charge >= 0.3 is 0 Å². The molecule has 0 aromatic rings. The molecule has 1 fully saturated rings. The first-order valence-corrected chi connectivity index (χ1v) is 5.77. The van der Waals surface area contributed by atoms with Crippen LogP contribution in [0.2, 0.25) is 0 Å². The van der Waals surface area contributed by atoms with Gasteiger partial charge in [0.1, 0.15) is 0 Å². The average Bonchev–Trinajstić information content (AvgIpc) is 2.18. The zero-order valence-electron chi connectivity index (χ0n) is 8.08. The third-order valence-corrected chi connectivity index (χ3v) is 3.30. The summed E-state index contributed by atoms with van der Waals surface area (Å²) in [6, 6.07) is -0.124. The molecule has 0 saturated heterocycles. The first-order valence-electron chi connectivity index (χ1n) is 5.23. The molecular weight excluding hydrogens is 186 g/mol. The summed E-state index contributed by atoms with van der Waals surface area (Å²) in [5, 5.41) is 9.40. The molecule has 0 aromatic heterocycles. The second kappa shape index (κ2) is 5.84. The Labute approximate surface area is 85.5 Å². The predicted octanol–water partition coefficient (Wildman–Crippen LogP) is 1.88. The van der Waals surface area contributed by atoms with Crippen molar-refractivity contribution in [1.82, 2.24) is 0 Å². The molecule has 1 rings (SSSR count). The van der Waals surface area contributed by atoms with Crippen molar-refractivity contribution in [3.8, 4) is 0 Å². The maximum absolute atomic E-state index is 9.40. The fraction of sp³-hybridized carbons (Fsp3) is 1.00. The highest BCUT2D eigenvalue weighted by atomic mass is 35.5. The Hall–Kier alpha value is 0.210. The molecule has 0 spiro atoms. The van der Waals surface area contributed by atoms with E-state index in [-0.39, 0.29) is 11.9 Å². The van der Waals surface area contributed by atoms with Crippen LogP contribution >= 0.6 is 11.6 Å². The molecule has 1 aliphatic rings. The first kappa shape index (κ1) is 11.3. The molecule has 1 saturated carbocycles. The molecule has 1 aliphatic carbocycles. The zero-order valence-corrected chi connectivity index (χ0v) is 8.84. The molecule has 13 heavy (non-hydrogen) atoms. The standard InChI is InChI=1S/C10H20ClNO/c11-7-10(13)9(12)6-8-4-2-1-3-5-8/h8-10,13H,1-7,12H2/t9-,10-/m0/s1. The topological polar surface area (TPSA) is 46.2 Å². The van der Waals surface area contributed by atoms with Gasteiger partial charge in [-0.25, -0.2) is 0 Å². The number of aliphatic hydroxyl groups is 1. The Bertz CT molecular complexity index is 137. The number of aliphatic hydroxyl groups excluding tert-OH is 1. The van der Waals surface area contributed by atoms with Crippen LogP contribution in [-0.2, 0) is 0 Å². The summed E-state index contributed by atoms with van der Waals surface area (Å²) in [7, 11) is 0. The van der Waals surface area contributed by atoms with E-state index in [0.717, 1.165) is 12.3 Å². The summed E-state index contributed by atoms with van der Waals surface area (Å²) in [6.45, 7) is 0. The fourth-order valence-electron chi connectivity index (χ4n) is 2.08. The minimum absolute atomic E-state index is 0.124. The second-order valence-electron chi connectivity index (χ2n) is 4.13. The van der Waals surface area contributed by atoms with Gasteiger partial charge in [-0.05, 0) is 12.3 Å². The second-order valence-corrected chi connectivity index (χ2v) is 4.43. The van der Waals surface area contributed by atoms with E-state index >= 15 is 0 Å². The average molecular weight is 206 g/mol. The Kier molecular flexibility index (Phi) is 5.07. The van der Waals surface area contributed by atoms with Gasteiger partial charge in [0.2, 0.25) is 0 Å². The summed E-state index contributed by atoms with van der Waals surface area (Å²) in [6.07, 6.45) is 7.00. The van der Waals surface area contributed by atoms with Crippen molar-refractivity contribution in [2.24, 2.45) is 11.7 Å². The normalized spacial score (nSPS) is 24.2. The van der Waals surface area contributed by atoms with Crippen LogP contribution in [0.3, 0.4) is 0 Å². The molecule has 0 unspecified atom stereocenters. The maximum atomic E-state index is 9.40. The first-order chi connectivity index (χ1) is 6.24. The van der Waals surface area contributed by atoms with Gasteiger partial charge in [-0.1, -0.05) is 32.1 Å². The Morgan fingerprint density at radius 1 is 1.31 bits per heavy atom. The van der Waals surface area contributed by atoms with Gasteiger partial charge in [-0.2, -0.15) is 0 Å². The van der Waals surface area contributed by atoms with Gasteiger partial charge in [-0.3, -0.25) is 0 Å². The molecule has 0 aliphatic heterocycles. The number of halogens is 1. The van der Waals surface area contributed by atoms with Crippen LogP contribution < -0.4 is 5.73 Å². The van der Waals surface area contributed by atoms with E-state index in [9.17, 15) is 5.11 Å². The molecule has 2 atom stereocenters. The van der Waals surface area contributed by atoms with Crippen LogP contribution in [0.4, 0.5) is 0 Å². The van der Waals surface area contributed by atoms with Crippen LogP contribution in [0.1, 0.15) is 38.5 Å². The minimum atomic E-state index is -0.524. The van der Waals surface area contributed by atoms with Gasteiger partial charge in [0, 0.05) is 11.9 Å². The third-order valence-electron chi connectivity index (χ3n) is 2.98. The van der Waals surface area contributed by atoms with Gasteiger partial charge < -0.3 is 10.8 Å². The lowest BCUT2D eigenvalue weighted by atomic mass is 9.84. The molecule has 0 bridgehead atoms. The number of nitrogens with two attached hydrogens (primary N) is 1. The fourth-order valence-corrected chi connectivity index (χ4v) is 2.31. The predicted molar refractivity (Wildman–Crippen MR) is 55.9 cm³/mol. The number of alkyl halides is 1. The summed E-state index contributed by atoms with van der Waals surface area (Å²) in [4.78, 5) is 0. The van der Waals surface area contributed by atoms with Gasteiger partial charge in [0.25, 0.3) is 0 Å². The molecule has 78 valence electrons. The Morgan fingerprint density at radius 2 is 1.92 bits per heavy atom. The lowest BCUT2D eigenvalue weighted by molar-refractivity contribution is 0.146. The van der Waals surface area contributed by atoms with E-state index in [1.54, 1.807) is 0 Å².